The van der Waals surface area contributed by atoms with Gasteiger partial charge >= 0.3 is 11.9 Å². The molecule has 0 saturated carbocycles. The predicted molar refractivity (Wildman–Crippen MR) is 85.6 cm³/mol. The summed E-state index contributed by atoms with van der Waals surface area (Å²) in [6.07, 6.45) is 0.999. The molecule has 2 N–H and O–H groups in total. The van der Waals surface area contributed by atoms with Gasteiger partial charge in [-0.15, -0.1) is 0 Å². The molecular weight excluding hydrogens is 409 g/mol. The highest BCUT2D eigenvalue weighted by atomic mass is 127. The Kier molecular flexibility index (Phi) is 6.69. The molecule has 1 aromatic rings. The number of carbonyl (C=O) groups excluding carboxylic acids is 3. The zero-order valence-corrected chi connectivity index (χ0v) is 14.2. The molecule has 0 aliphatic rings. The first-order valence-electron chi connectivity index (χ1n) is 5.54. The number of hydrogen-bond donors (Lipinski definition) is 1. The summed E-state index contributed by atoms with van der Waals surface area (Å²) in [6, 6.07) is 4.99. The van der Waals surface area contributed by atoms with Gasteiger partial charge in [0.2, 0.25) is 5.91 Å². The highest BCUT2D eigenvalue weighted by Crippen LogP contribution is 2.31. The van der Waals surface area contributed by atoms with Crippen LogP contribution in [0.25, 0.3) is 0 Å². The van der Waals surface area contributed by atoms with Gasteiger partial charge in [-0.3, -0.25) is 4.79 Å². The lowest BCUT2D eigenvalue weighted by Crippen LogP contribution is -2.13. The number of amides is 1. The summed E-state index contributed by atoms with van der Waals surface area (Å²) in [5.74, 6) is -2.04. The van der Waals surface area contributed by atoms with Crippen LogP contribution in [0.3, 0.4) is 0 Å². The van der Waals surface area contributed by atoms with E-state index in [2.05, 4.69) is 9.47 Å². The van der Waals surface area contributed by atoms with Gasteiger partial charge in [-0.25, -0.2) is 9.59 Å². The van der Waals surface area contributed by atoms with Gasteiger partial charge < -0.3 is 15.2 Å². The Hall–Kier alpha value is -1.55. The highest BCUT2D eigenvalue weighted by Gasteiger charge is 2.18. The van der Waals surface area contributed by atoms with Crippen LogP contribution < -0.4 is 5.73 Å². The molecule has 0 atom stereocenters. The van der Waals surface area contributed by atoms with Crippen LogP contribution in [0.1, 0.15) is 10.4 Å². The quantitative estimate of drug-likeness (QED) is 0.337. The zero-order chi connectivity index (χ0) is 16.0. The molecule has 21 heavy (non-hydrogen) atoms. The molecule has 0 aliphatic carbocycles. The molecule has 112 valence electrons. The minimum atomic E-state index is -0.709. The number of esters is 2. The molecule has 0 radical (unpaired) electrons. The Bertz CT molecular complexity index is 615. The number of nitrogens with two attached hydrogens (primary N) is 1. The minimum Gasteiger partial charge on any atom is -0.466 e. The van der Waals surface area contributed by atoms with Crippen LogP contribution >= 0.6 is 34.4 Å². The van der Waals surface area contributed by atoms with Crippen molar-refractivity contribution in [2.45, 2.75) is 4.90 Å². The van der Waals surface area contributed by atoms with Crippen molar-refractivity contribution in [1.29, 1.82) is 0 Å². The predicted octanol–water partition coefficient (Wildman–Crippen LogP) is 1.71. The fourth-order valence-electron chi connectivity index (χ4n) is 1.30. The summed E-state index contributed by atoms with van der Waals surface area (Å²) in [5.41, 5.74) is 5.57. The number of methoxy groups -OCH3 is 2. The van der Waals surface area contributed by atoms with E-state index in [0.717, 1.165) is 21.4 Å². The van der Waals surface area contributed by atoms with E-state index in [1.807, 2.05) is 22.6 Å². The summed E-state index contributed by atoms with van der Waals surface area (Å²) < 4.78 is 9.90. The number of thioether (sulfide) groups is 1. The molecule has 0 saturated heterocycles. The molecule has 0 aromatic heterocycles. The molecule has 0 bridgehead atoms. The SMILES string of the molecule is COC(=O)/C=C(\Sc1ccc(I)cc1C(N)=O)C(=O)OC. The molecule has 0 aliphatic heterocycles. The third-order valence-corrected chi connectivity index (χ3v) is 4.02. The van der Waals surface area contributed by atoms with Crippen molar-refractivity contribution in [2.75, 3.05) is 14.2 Å². The van der Waals surface area contributed by atoms with Crippen LogP contribution in [0, 0.1) is 3.57 Å². The van der Waals surface area contributed by atoms with Gasteiger partial charge in [-0.1, -0.05) is 11.8 Å². The van der Waals surface area contributed by atoms with Crippen LogP contribution in [0.2, 0.25) is 0 Å². The number of primary amides is 1. The smallest absolute Gasteiger partial charge is 0.344 e. The van der Waals surface area contributed by atoms with Gasteiger partial charge in [-0.05, 0) is 40.8 Å². The van der Waals surface area contributed by atoms with Crippen molar-refractivity contribution < 1.29 is 23.9 Å². The highest BCUT2D eigenvalue weighted by molar-refractivity contribution is 14.1. The summed E-state index contributed by atoms with van der Waals surface area (Å²) in [4.78, 5) is 34.9. The van der Waals surface area contributed by atoms with Crippen molar-refractivity contribution in [3.63, 3.8) is 0 Å². The molecule has 0 heterocycles. The van der Waals surface area contributed by atoms with Crippen molar-refractivity contribution in [3.8, 4) is 0 Å². The second kappa shape index (κ2) is 8.03. The molecule has 0 fully saturated rings. The number of rotatable bonds is 5. The maximum absolute atomic E-state index is 11.7. The van der Waals surface area contributed by atoms with Crippen molar-refractivity contribution in [2.24, 2.45) is 5.73 Å². The number of hydrogen-bond acceptors (Lipinski definition) is 6. The lowest BCUT2D eigenvalue weighted by Gasteiger charge is -2.09. The Morgan fingerprint density at radius 1 is 1.24 bits per heavy atom. The van der Waals surface area contributed by atoms with E-state index in [1.165, 1.54) is 14.2 Å². The molecule has 1 aromatic carbocycles. The third kappa shape index (κ3) is 5.05. The average Bonchev–Trinajstić information content (AvgIpc) is 2.46. The van der Waals surface area contributed by atoms with Crippen LogP contribution in [0.5, 0.6) is 0 Å². The maximum Gasteiger partial charge on any atom is 0.344 e. The van der Waals surface area contributed by atoms with Crippen molar-refractivity contribution >= 4 is 52.2 Å². The van der Waals surface area contributed by atoms with E-state index in [1.54, 1.807) is 18.2 Å². The number of carbonyl (C=O) groups is 3. The van der Waals surface area contributed by atoms with Crippen LogP contribution in [-0.4, -0.2) is 32.1 Å². The van der Waals surface area contributed by atoms with Gasteiger partial charge in [0.25, 0.3) is 0 Å². The first kappa shape index (κ1) is 17.5. The first-order chi connectivity index (χ1) is 9.88. The zero-order valence-electron chi connectivity index (χ0n) is 11.2. The second-order valence-electron chi connectivity index (χ2n) is 3.63. The summed E-state index contributed by atoms with van der Waals surface area (Å²) in [6.45, 7) is 0. The Morgan fingerprint density at radius 3 is 2.43 bits per heavy atom. The van der Waals surface area contributed by atoms with E-state index < -0.39 is 17.8 Å². The maximum atomic E-state index is 11.7. The summed E-state index contributed by atoms with van der Waals surface area (Å²) in [5, 5.41) is 0. The number of ether oxygens (including phenoxy) is 2. The van der Waals surface area contributed by atoms with Crippen molar-refractivity contribution in [3.05, 3.63) is 38.3 Å². The second-order valence-corrected chi connectivity index (χ2v) is 5.96. The molecule has 0 unspecified atom stereocenters. The monoisotopic (exact) mass is 421 g/mol. The molecule has 1 rings (SSSR count). The van der Waals surface area contributed by atoms with Crippen molar-refractivity contribution in [1.82, 2.24) is 0 Å². The Balaban J connectivity index is 3.21. The van der Waals surface area contributed by atoms with E-state index in [0.29, 0.717) is 4.90 Å². The third-order valence-electron chi connectivity index (χ3n) is 2.26. The van der Waals surface area contributed by atoms with Gasteiger partial charge in [0.15, 0.2) is 0 Å². The standard InChI is InChI=1S/C13H12INO5S/c1-19-11(16)6-10(13(18)20-2)21-9-4-3-7(14)5-8(9)12(15)17/h3-6H,1-2H3,(H2,15,17)/b10-6-. The van der Waals surface area contributed by atoms with Crippen LogP contribution in [-0.2, 0) is 19.1 Å². The largest absolute Gasteiger partial charge is 0.466 e. The molecule has 0 spiro atoms. The van der Waals surface area contributed by atoms with E-state index in [9.17, 15) is 14.4 Å². The fourth-order valence-corrected chi connectivity index (χ4v) is 2.75. The summed E-state index contributed by atoms with van der Waals surface area (Å²) >= 11 is 2.95. The summed E-state index contributed by atoms with van der Waals surface area (Å²) in [7, 11) is 2.38. The van der Waals surface area contributed by atoms with Crippen LogP contribution in [0.4, 0.5) is 0 Å². The molecule has 8 heteroatoms. The number of benzene rings is 1. The molecule has 1 amide bonds. The lowest BCUT2D eigenvalue weighted by molar-refractivity contribution is -0.137. The Morgan fingerprint density at radius 2 is 1.90 bits per heavy atom. The fraction of sp³-hybridized carbons (Fsp3) is 0.154. The van der Waals surface area contributed by atoms with E-state index in [4.69, 9.17) is 5.73 Å². The first-order valence-corrected chi connectivity index (χ1v) is 7.43. The minimum absolute atomic E-state index is 0.00643. The normalized spacial score (nSPS) is 10.9. The Labute approximate surface area is 139 Å². The number of halogens is 1. The topological polar surface area (TPSA) is 95.7 Å². The van der Waals surface area contributed by atoms with Gasteiger partial charge in [0, 0.05) is 14.5 Å². The van der Waals surface area contributed by atoms with Gasteiger partial charge in [0.1, 0.15) is 4.91 Å². The molecule has 6 nitrogen and oxygen atoms in total. The van der Waals surface area contributed by atoms with Gasteiger partial charge in [-0.2, -0.15) is 0 Å². The van der Waals surface area contributed by atoms with E-state index >= 15 is 0 Å². The average molecular weight is 421 g/mol. The van der Waals surface area contributed by atoms with Gasteiger partial charge in [0.05, 0.1) is 19.8 Å². The van der Waals surface area contributed by atoms with Crippen LogP contribution in [0.15, 0.2) is 34.1 Å². The lowest BCUT2D eigenvalue weighted by atomic mass is 10.2. The van der Waals surface area contributed by atoms with E-state index in [-0.39, 0.29) is 10.5 Å². The molecular formula is C13H12INO5S.